The molecule has 1 rings (SSSR count). The van der Waals surface area contributed by atoms with Crippen LogP contribution in [-0.4, -0.2) is 12.6 Å². The molecule has 0 N–H and O–H groups in total. The fourth-order valence-corrected chi connectivity index (χ4v) is 1.89. The molecule has 1 aromatic carbocycles. The first-order chi connectivity index (χ1) is 8.10. The van der Waals surface area contributed by atoms with Crippen molar-refractivity contribution in [3.8, 4) is 0 Å². The minimum atomic E-state index is -0.129. The lowest BCUT2D eigenvalue weighted by molar-refractivity contribution is -0.145. The topological polar surface area (TPSA) is 26.3 Å². The van der Waals surface area contributed by atoms with E-state index >= 15 is 0 Å². The summed E-state index contributed by atoms with van der Waals surface area (Å²) in [6.45, 7) is 8.62. The maximum Gasteiger partial charge on any atom is 0.313 e. The Balaban J connectivity index is 2.85. The highest BCUT2D eigenvalue weighted by molar-refractivity contribution is 5.78. The lowest BCUT2D eigenvalue weighted by Gasteiger charge is -2.15. The first kappa shape index (κ1) is 13.8. The van der Waals surface area contributed by atoms with E-state index in [1.807, 2.05) is 26.0 Å². The van der Waals surface area contributed by atoms with Crippen LogP contribution in [0.4, 0.5) is 0 Å². The number of benzene rings is 1. The number of carbonyl (C=O) groups excluding carboxylic acids is 1. The molecule has 0 radical (unpaired) electrons. The zero-order valence-corrected chi connectivity index (χ0v) is 11.2. The van der Waals surface area contributed by atoms with Crippen LogP contribution in [0, 0.1) is 0 Å². The van der Waals surface area contributed by atoms with E-state index in [9.17, 15) is 4.79 Å². The van der Waals surface area contributed by atoms with E-state index in [-0.39, 0.29) is 11.9 Å². The monoisotopic (exact) mass is 234 g/mol. The van der Waals surface area contributed by atoms with Gasteiger partial charge in [-0.3, -0.25) is 4.79 Å². The minimum absolute atomic E-state index is 0.118. The summed E-state index contributed by atoms with van der Waals surface area (Å²) >= 11 is 0. The number of hydrogen-bond donors (Lipinski definition) is 0. The van der Waals surface area contributed by atoms with E-state index in [0.717, 1.165) is 12.0 Å². The zero-order chi connectivity index (χ0) is 12.8. The van der Waals surface area contributed by atoms with Gasteiger partial charge < -0.3 is 4.74 Å². The second-order valence-corrected chi connectivity index (χ2v) is 4.53. The molecular formula is C15H22O2. The molecule has 0 aliphatic rings. The second kappa shape index (κ2) is 6.43. The van der Waals surface area contributed by atoms with Gasteiger partial charge in [0.1, 0.15) is 0 Å². The summed E-state index contributed by atoms with van der Waals surface area (Å²) in [5.74, 6) is 0.273. The predicted octanol–water partition coefficient (Wildman–Crippen LogP) is 3.87. The molecular weight excluding hydrogens is 212 g/mol. The van der Waals surface area contributed by atoms with Crippen molar-refractivity contribution in [2.75, 3.05) is 6.61 Å². The lowest BCUT2D eigenvalue weighted by Crippen LogP contribution is -2.15. The first-order valence-corrected chi connectivity index (χ1v) is 6.36. The van der Waals surface area contributed by atoms with E-state index in [2.05, 4.69) is 26.0 Å². The Labute approximate surface area is 104 Å². The van der Waals surface area contributed by atoms with Crippen molar-refractivity contribution >= 4 is 5.97 Å². The Kier molecular flexibility index (Phi) is 5.20. The van der Waals surface area contributed by atoms with Crippen molar-refractivity contribution < 1.29 is 9.53 Å². The van der Waals surface area contributed by atoms with Crippen LogP contribution in [0.3, 0.4) is 0 Å². The van der Waals surface area contributed by atoms with Gasteiger partial charge in [0.15, 0.2) is 0 Å². The van der Waals surface area contributed by atoms with Gasteiger partial charge in [0.25, 0.3) is 0 Å². The Morgan fingerprint density at radius 1 is 1.12 bits per heavy atom. The summed E-state index contributed by atoms with van der Waals surface area (Å²) in [6, 6.07) is 8.28. The maximum absolute atomic E-state index is 11.8. The van der Waals surface area contributed by atoms with Crippen LogP contribution in [0.2, 0.25) is 0 Å². The quantitative estimate of drug-likeness (QED) is 0.723. The molecule has 1 atom stereocenters. The summed E-state index contributed by atoms with van der Waals surface area (Å²) in [5, 5.41) is 0. The van der Waals surface area contributed by atoms with Crippen molar-refractivity contribution in [3.05, 3.63) is 35.4 Å². The third kappa shape index (κ3) is 3.58. The van der Waals surface area contributed by atoms with Gasteiger partial charge >= 0.3 is 5.97 Å². The Morgan fingerprint density at radius 3 is 2.06 bits per heavy atom. The molecule has 0 aliphatic heterocycles. The third-order valence-corrected chi connectivity index (χ3v) is 2.98. The number of ether oxygens (including phenoxy) is 1. The highest BCUT2D eigenvalue weighted by atomic mass is 16.5. The van der Waals surface area contributed by atoms with Crippen molar-refractivity contribution in [2.45, 2.75) is 46.0 Å². The van der Waals surface area contributed by atoms with Crippen LogP contribution in [0.1, 0.15) is 57.1 Å². The molecule has 0 aromatic heterocycles. The molecule has 0 fully saturated rings. The fourth-order valence-electron chi connectivity index (χ4n) is 1.89. The number of rotatable bonds is 5. The van der Waals surface area contributed by atoms with Crippen molar-refractivity contribution in [2.24, 2.45) is 0 Å². The van der Waals surface area contributed by atoms with Crippen molar-refractivity contribution in [3.63, 3.8) is 0 Å². The van der Waals surface area contributed by atoms with Gasteiger partial charge in [-0.1, -0.05) is 45.0 Å². The molecule has 0 aliphatic carbocycles. The minimum Gasteiger partial charge on any atom is -0.466 e. The van der Waals surface area contributed by atoms with Crippen LogP contribution < -0.4 is 0 Å². The van der Waals surface area contributed by atoms with Gasteiger partial charge in [0.2, 0.25) is 0 Å². The van der Waals surface area contributed by atoms with Crippen LogP contribution in [0.25, 0.3) is 0 Å². The third-order valence-electron chi connectivity index (χ3n) is 2.98. The normalized spacial score (nSPS) is 12.5. The summed E-state index contributed by atoms with van der Waals surface area (Å²) in [4.78, 5) is 11.8. The lowest BCUT2D eigenvalue weighted by atomic mass is 9.93. The summed E-state index contributed by atoms with van der Waals surface area (Å²) in [6.07, 6.45) is 0.778. The van der Waals surface area contributed by atoms with Gasteiger partial charge in [-0.25, -0.2) is 0 Å². The Hall–Kier alpha value is -1.31. The second-order valence-electron chi connectivity index (χ2n) is 4.53. The van der Waals surface area contributed by atoms with Crippen molar-refractivity contribution in [1.82, 2.24) is 0 Å². The summed E-state index contributed by atoms with van der Waals surface area (Å²) in [5.41, 5.74) is 2.35. The molecule has 2 heteroatoms. The standard InChI is InChI=1S/C15H22O2/c1-5-14(15(16)17-6-2)13-9-7-12(8-10-13)11(3)4/h7-11,14H,5-6H2,1-4H3. The van der Waals surface area contributed by atoms with E-state index in [4.69, 9.17) is 4.74 Å². The summed E-state index contributed by atoms with van der Waals surface area (Å²) < 4.78 is 5.09. The maximum atomic E-state index is 11.8. The van der Waals surface area contributed by atoms with E-state index in [0.29, 0.717) is 12.5 Å². The number of esters is 1. The Bertz CT molecular complexity index is 352. The molecule has 1 aromatic rings. The number of carbonyl (C=O) groups is 1. The SMILES string of the molecule is CCOC(=O)C(CC)c1ccc(C(C)C)cc1. The zero-order valence-electron chi connectivity index (χ0n) is 11.2. The largest absolute Gasteiger partial charge is 0.466 e. The molecule has 94 valence electrons. The molecule has 2 nitrogen and oxygen atoms in total. The van der Waals surface area contributed by atoms with Gasteiger partial charge in [0, 0.05) is 0 Å². The van der Waals surface area contributed by atoms with Crippen LogP contribution >= 0.6 is 0 Å². The van der Waals surface area contributed by atoms with E-state index in [1.165, 1.54) is 5.56 Å². The average Bonchev–Trinajstić information content (AvgIpc) is 2.31. The van der Waals surface area contributed by atoms with Crippen LogP contribution in [0.5, 0.6) is 0 Å². The molecule has 0 saturated heterocycles. The van der Waals surface area contributed by atoms with Gasteiger partial charge in [0.05, 0.1) is 12.5 Å². The predicted molar refractivity (Wildman–Crippen MR) is 70.2 cm³/mol. The highest BCUT2D eigenvalue weighted by Crippen LogP contribution is 2.23. The van der Waals surface area contributed by atoms with Gasteiger partial charge in [-0.2, -0.15) is 0 Å². The van der Waals surface area contributed by atoms with Gasteiger partial charge in [-0.05, 0) is 30.4 Å². The molecule has 1 unspecified atom stereocenters. The highest BCUT2D eigenvalue weighted by Gasteiger charge is 2.19. The first-order valence-electron chi connectivity index (χ1n) is 6.36. The molecule has 0 saturated carbocycles. The van der Waals surface area contributed by atoms with Crippen LogP contribution in [0.15, 0.2) is 24.3 Å². The van der Waals surface area contributed by atoms with E-state index < -0.39 is 0 Å². The average molecular weight is 234 g/mol. The van der Waals surface area contributed by atoms with Crippen LogP contribution in [-0.2, 0) is 9.53 Å². The molecule has 0 spiro atoms. The molecule has 0 bridgehead atoms. The van der Waals surface area contributed by atoms with Gasteiger partial charge in [-0.15, -0.1) is 0 Å². The number of hydrogen-bond acceptors (Lipinski definition) is 2. The molecule has 0 heterocycles. The molecule has 0 amide bonds. The summed E-state index contributed by atoms with van der Waals surface area (Å²) in [7, 11) is 0. The molecule has 17 heavy (non-hydrogen) atoms. The fraction of sp³-hybridized carbons (Fsp3) is 0.533. The van der Waals surface area contributed by atoms with Crippen molar-refractivity contribution in [1.29, 1.82) is 0 Å². The Morgan fingerprint density at radius 2 is 1.65 bits per heavy atom. The smallest absolute Gasteiger partial charge is 0.313 e. The van der Waals surface area contributed by atoms with E-state index in [1.54, 1.807) is 0 Å².